The van der Waals surface area contributed by atoms with Crippen molar-refractivity contribution in [2.75, 3.05) is 9.80 Å². The van der Waals surface area contributed by atoms with Crippen molar-refractivity contribution in [2.45, 2.75) is 106 Å². The average Bonchev–Trinajstić information content (AvgIpc) is 4.14. The molecule has 11 aromatic rings. The van der Waals surface area contributed by atoms with Crippen LogP contribution in [0.25, 0.3) is 63.0 Å². The maximum absolute atomic E-state index is 7.51. The minimum absolute atomic E-state index is 0.0872. The normalized spacial score (nSPS) is 13.7. The molecule has 13 rings (SSSR count). The molecular weight excluding hydrogens is 928 g/mol. The van der Waals surface area contributed by atoms with Crippen molar-refractivity contribution in [2.24, 2.45) is 0 Å². The fourth-order valence-corrected chi connectivity index (χ4v) is 14.3. The molecule has 7 aromatic carbocycles. The van der Waals surface area contributed by atoms with E-state index in [1.54, 1.807) is 0 Å². The molecule has 4 aromatic heterocycles. The molecule has 0 aliphatic carbocycles. The summed E-state index contributed by atoms with van der Waals surface area (Å²) in [4.78, 5) is 7.58. The molecule has 7 heteroatoms. The van der Waals surface area contributed by atoms with Gasteiger partial charge in [0.1, 0.15) is 11.2 Å². The number of fused-ring (bicyclic) bond motifs is 10. The quantitative estimate of drug-likeness (QED) is 0.165. The molecule has 0 saturated carbocycles. The van der Waals surface area contributed by atoms with E-state index in [1.807, 2.05) is 22.7 Å². The summed E-state index contributed by atoms with van der Waals surface area (Å²) in [7, 11) is 0. The summed E-state index contributed by atoms with van der Waals surface area (Å²) in [6, 6.07) is 50.3. The van der Waals surface area contributed by atoms with Crippen molar-refractivity contribution in [1.82, 2.24) is 0 Å². The number of furan rings is 2. The van der Waals surface area contributed by atoms with Gasteiger partial charge in [0.2, 0.25) is 11.8 Å². The molecule has 0 amide bonds. The van der Waals surface area contributed by atoms with Crippen molar-refractivity contribution in [3.63, 3.8) is 0 Å². The predicted molar refractivity (Wildman–Crippen MR) is 317 cm³/mol. The van der Waals surface area contributed by atoms with Gasteiger partial charge in [-0.1, -0.05) is 135 Å². The Morgan fingerprint density at radius 1 is 0.425 bits per heavy atom. The Hall–Kier alpha value is -6.80. The number of thiophene rings is 2. The lowest BCUT2D eigenvalue weighted by molar-refractivity contribution is 0.587. The van der Waals surface area contributed by atoms with Crippen LogP contribution in [0.2, 0.25) is 0 Å². The van der Waals surface area contributed by atoms with Crippen LogP contribution in [0, 0.1) is 27.7 Å². The molecule has 0 atom stereocenters. The van der Waals surface area contributed by atoms with Gasteiger partial charge in [-0.3, -0.25) is 9.80 Å². The maximum atomic E-state index is 7.51. The van der Waals surface area contributed by atoms with E-state index in [0.717, 1.165) is 56.5 Å². The first-order valence-corrected chi connectivity index (χ1v) is 27.5. The van der Waals surface area contributed by atoms with Gasteiger partial charge in [-0.05, 0) is 171 Å². The molecule has 0 unspecified atom stereocenters. The molecular formula is C66H61BN2O2S2. The number of anilines is 6. The molecule has 4 nitrogen and oxygen atoms in total. The highest BCUT2D eigenvalue weighted by Crippen LogP contribution is 2.53. The number of hydrogen-bond donors (Lipinski definition) is 0. The molecule has 0 saturated heterocycles. The van der Waals surface area contributed by atoms with Crippen LogP contribution in [-0.4, -0.2) is 6.71 Å². The molecule has 6 heterocycles. The van der Waals surface area contributed by atoms with E-state index < -0.39 is 0 Å². The van der Waals surface area contributed by atoms with Gasteiger partial charge in [0, 0.05) is 52.2 Å². The fraction of sp³-hybridized carbons (Fsp3) is 0.242. The van der Waals surface area contributed by atoms with Gasteiger partial charge in [-0.15, -0.1) is 22.7 Å². The van der Waals surface area contributed by atoms with Gasteiger partial charge >= 0.3 is 0 Å². The van der Waals surface area contributed by atoms with Gasteiger partial charge in [0.15, 0.2) is 0 Å². The van der Waals surface area contributed by atoms with Crippen LogP contribution in [-0.2, 0) is 16.2 Å². The van der Waals surface area contributed by atoms with Gasteiger partial charge in [-0.2, -0.15) is 0 Å². The summed E-state index contributed by atoms with van der Waals surface area (Å²) >= 11 is 3.73. The molecule has 0 N–H and O–H groups in total. The lowest BCUT2D eigenvalue weighted by Crippen LogP contribution is -2.61. The van der Waals surface area contributed by atoms with Crippen LogP contribution in [0.15, 0.2) is 142 Å². The smallest absolute Gasteiger partial charge is 0.262 e. The minimum atomic E-state index is -0.220. The Morgan fingerprint density at radius 2 is 0.836 bits per heavy atom. The topological polar surface area (TPSA) is 32.8 Å². The van der Waals surface area contributed by atoms with Crippen molar-refractivity contribution in [1.29, 1.82) is 0 Å². The van der Waals surface area contributed by atoms with E-state index in [0.29, 0.717) is 0 Å². The zero-order chi connectivity index (χ0) is 50.8. The van der Waals surface area contributed by atoms with Gasteiger partial charge in [-0.25, -0.2) is 0 Å². The molecule has 2 aliphatic heterocycles. The third kappa shape index (κ3) is 6.98. The summed E-state index contributed by atoms with van der Waals surface area (Å²) in [5, 5.41) is 4.83. The standard InChI is InChI=1S/C66H61BN2O2S2/c1-36-22-26-45(55-30-40-18-14-16-20-53(40)72-55)38(3)60(36)68-49-34-44(66(11,12)13)35-50-59(49)67(57-47-32-42(64(5,6)7)24-28-51(47)70-62(57)68)58-48-33-43(65(8,9)10)25-29-52(48)71-63(58)69(50)61-37(2)23-27-46(39(61)4)56-31-41-19-15-17-21-54(41)73-56/h14-35H,1-13H3. The Kier molecular flexibility index (Phi) is 10.00. The van der Waals surface area contributed by atoms with Crippen LogP contribution in [0.4, 0.5) is 34.5 Å². The number of nitrogens with zero attached hydrogens (tertiary/aromatic N) is 2. The summed E-state index contributed by atoms with van der Waals surface area (Å²) in [6.45, 7) is 29.9. The molecule has 362 valence electrons. The van der Waals surface area contributed by atoms with Crippen LogP contribution in [0.5, 0.6) is 0 Å². The van der Waals surface area contributed by atoms with Crippen molar-refractivity contribution < 1.29 is 8.83 Å². The van der Waals surface area contributed by atoms with E-state index in [4.69, 9.17) is 8.83 Å². The second-order valence-corrected chi connectivity index (χ2v) is 26.1. The van der Waals surface area contributed by atoms with Gasteiger partial charge in [0.25, 0.3) is 6.71 Å². The first-order chi connectivity index (χ1) is 34.7. The second-order valence-electron chi connectivity index (χ2n) is 23.9. The van der Waals surface area contributed by atoms with Crippen molar-refractivity contribution >= 4 is 122 Å². The van der Waals surface area contributed by atoms with E-state index >= 15 is 0 Å². The third-order valence-electron chi connectivity index (χ3n) is 16.0. The third-order valence-corrected chi connectivity index (χ3v) is 18.3. The molecule has 2 aliphatic rings. The Morgan fingerprint density at radius 3 is 1.23 bits per heavy atom. The molecule has 0 spiro atoms. The molecule has 0 fully saturated rings. The van der Waals surface area contributed by atoms with E-state index in [2.05, 4.69) is 233 Å². The number of hydrogen-bond acceptors (Lipinski definition) is 6. The zero-order valence-corrected chi connectivity index (χ0v) is 45.9. The lowest BCUT2D eigenvalue weighted by Gasteiger charge is -2.43. The van der Waals surface area contributed by atoms with Crippen LogP contribution in [0.3, 0.4) is 0 Å². The second kappa shape index (κ2) is 15.9. The van der Waals surface area contributed by atoms with E-state index in [-0.39, 0.29) is 23.0 Å². The summed E-state index contributed by atoms with van der Waals surface area (Å²) in [5.41, 5.74) is 20.7. The average molecular weight is 989 g/mol. The largest absolute Gasteiger partial charge is 0.440 e. The molecule has 73 heavy (non-hydrogen) atoms. The first kappa shape index (κ1) is 46.0. The van der Waals surface area contributed by atoms with E-state index in [1.165, 1.54) is 96.4 Å². The summed E-state index contributed by atoms with van der Waals surface area (Å²) < 4.78 is 17.6. The van der Waals surface area contributed by atoms with E-state index in [9.17, 15) is 0 Å². The number of aryl methyl sites for hydroxylation is 2. The molecule has 0 radical (unpaired) electrons. The Bertz CT molecular complexity index is 3800. The Balaban J connectivity index is 1.19. The van der Waals surface area contributed by atoms with Crippen LogP contribution < -0.4 is 26.2 Å². The monoisotopic (exact) mass is 988 g/mol. The first-order valence-electron chi connectivity index (χ1n) is 25.9. The summed E-state index contributed by atoms with van der Waals surface area (Å²) in [5.74, 6) is 1.74. The van der Waals surface area contributed by atoms with Gasteiger partial charge in [0.05, 0.1) is 11.4 Å². The highest BCUT2D eigenvalue weighted by atomic mass is 32.1. The predicted octanol–water partition coefficient (Wildman–Crippen LogP) is 18.2. The Labute approximate surface area is 438 Å². The minimum Gasteiger partial charge on any atom is -0.440 e. The fourth-order valence-electron chi connectivity index (χ4n) is 12.0. The highest BCUT2D eigenvalue weighted by Gasteiger charge is 2.50. The van der Waals surface area contributed by atoms with Crippen LogP contribution in [0.1, 0.15) is 101 Å². The highest BCUT2D eigenvalue weighted by molar-refractivity contribution is 7.22. The number of benzene rings is 7. The van der Waals surface area contributed by atoms with Gasteiger partial charge < -0.3 is 8.83 Å². The lowest BCUT2D eigenvalue weighted by atomic mass is 9.33. The zero-order valence-electron chi connectivity index (χ0n) is 44.3. The molecule has 0 bridgehead atoms. The van der Waals surface area contributed by atoms with Crippen LogP contribution >= 0.6 is 22.7 Å². The van der Waals surface area contributed by atoms with Crippen molar-refractivity contribution in [3.05, 3.63) is 172 Å². The summed E-state index contributed by atoms with van der Waals surface area (Å²) in [6.07, 6.45) is 0. The number of rotatable bonds is 4. The SMILES string of the molecule is Cc1ccc(-c2cc3ccccc3s2)c(C)c1N1c2cc(C(C)(C)C)cc3c2B(c2c1oc1ccc(C(C)(C)C)cc21)c1c(oc2ccc(C(C)(C)C)cc12)N3c1c(C)ccc(-c2cc3ccccc3s2)c1C. The maximum Gasteiger partial charge on any atom is 0.262 e. The van der Waals surface area contributed by atoms with Crippen molar-refractivity contribution in [3.8, 4) is 20.9 Å².